The van der Waals surface area contributed by atoms with Crippen LogP contribution in [0.4, 0.5) is 0 Å². The highest BCUT2D eigenvalue weighted by Crippen LogP contribution is 2.26. The topological polar surface area (TPSA) is 55.6 Å². The number of fused-ring (bicyclic) bond motifs is 1. The van der Waals surface area contributed by atoms with Crippen molar-refractivity contribution in [1.29, 1.82) is 0 Å². The normalized spacial score (nSPS) is 19.4. The van der Waals surface area contributed by atoms with Crippen molar-refractivity contribution in [3.63, 3.8) is 0 Å². The number of benzene rings is 2. The second-order valence-electron chi connectivity index (χ2n) is 5.66. The van der Waals surface area contributed by atoms with E-state index in [1.807, 2.05) is 24.3 Å². The fourth-order valence-corrected chi connectivity index (χ4v) is 3.27. The van der Waals surface area contributed by atoms with Crippen LogP contribution in [-0.4, -0.2) is 36.6 Å². The summed E-state index contributed by atoms with van der Waals surface area (Å²) in [7, 11) is 0. The number of hydrogen-bond acceptors (Lipinski definition) is 3. The molecule has 0 saturated carbocycles. The number of primary amides is 1. The molecule has 22 heavy (non-hydrogen) atoms. The molecule has 0 radical (unpaired) electrons. The summed E-state index contributed by atoms with van der Waals surface area (Å²) < 4.78 is 5.49. The summed E-state index contributed by atoms with van der Waals surface area (Å²) in [6, 6.07) is 12.2. The molecule has 5 heteroatoms. The second-order valence-corrected chi connectivity index (χ2v) is 6.09. The molecule has 0 bridgehead atoms. The number of amides is 1. The van der Waals surface area contributed by atoms with Gasteiger partial charge in [-0.25, -0.2) is 0 Å². The Kier molecular flexibility index (Phi) is 4.62. The maximum atomic E-state index is 11.3. The van der Waals surface area contributed by atoms with Gasteiger partial charge in [0.15, 0.2) is 0 Å². The number of hydrogen-bond donors (Lipinski definition) is 1. The molecule has 2 aromatic rings. The lowest BCUT2D eigenvalue weighted by molar-refractivity contribution is -0.121. The lowest BCUT2D eigenvalue weighted by Gasteiger charge is -2.35. The monoisotopic (exact) mass is 318 g/mol. The van der Waals surface area contributed by atoms with Gasteiger partial charge in [0, 0.05) is 30.6 Å². The molecule has 1 aliphatic heterocycles. The fourth-order valence-electron chi connectivity index (χ4n) is 3.02. The number of morpholine rings is 1. The van der Waals surface area contributed by atoms with Crippen LogP contribution in [0.25, 0.3) is 10.8 Å². The first kappa shape index (κ1) is 15.3. The molecule has 1 fully saturated rings. The van der Waals surface area contributed by atoms with Gasteiger partial charge < -0.3 is 10.5 Å². The van der Waals surface area contributed by atoms with Crippen molar-refractivity contribution in [3.8, 4) is 0 Å². The van der Waals surface area contributed by atoms with Crippen LogP contribution >= 0.6 is 11.6 Å². The predicted molar refractivity (Wildman–Crippen MR) is 87.8 cm³/mol. The van der Waals surface area contributed by atoms with Gasteiger partial charge in [-0.2, -0.15) is 0 Å². The molecule has 0 aromatic heterocycles. The van der Waals surface area contributed by atoms with Gasteiger partial charge in [-0.05, 0) is 28.5 Å². The summed E-state index contributed by atoms with van der Waals surface area (Å²) in [4.78, 5) is 13.5. The predicted octanol–water partition coefficient (Wildman–Crippen LogP) is 2.57. The Hall–Kier alpha value is -1.62. The van der Waals surface area contributed by atoms with Gasteiger partial charge in [0.2, 0.25) is 5.91 Å². The number of ether oxygens (including phenoxy) is 1. The van der Waals surface area contributed by atoms with Crippen molar-refractivity contribution in [2.45, 2.75) is 19.0 Å². The summed E-state index contributed by atoms with van der Waals surface area (Å²) in [6.45, 7) is 2.75. The second kappa shape index (κ2) is 6.65. The third-order valence-corrected chi connectivity index (χ3v) is 4.29. The van der Waals surface area contributed by atoms with Crippen molar-refractivity contribution in [2.24, 2.45) is 5.73 Å². The quantitative estimate of drug-likeness (QED) is 0.942. The first-order valence-corrected chi connectivity index (χ1v) is 7.78. The van der Waals surface area contributed by atoms with E-state index >= 15 is 0 Å². The lowest BCUT2D eigenvalue weighted by Crippen LogP contribution is -2.46. The Bertz CT molecular complexity index is 689. The van der Waals surface area contributed by atoms with Crippen LogP contribution in [0.5, 0.6) is 0 Å². The highest BCUT2D eigenvalue weighted by molar-refractivity contribution is 6.31. The van der Waals surface area contributed by atoms with Gasteiger partial charge in [0.05, 0.1) is 13.2 Å². The molecule has 1 saturated heterocycles. The van der Waals surface area contributed by atoms with E-state index in [-0.39, 0.29) is 11.9 Å². The van der Waals surface area contributed by atoms with Crippen molar-refractivity contribution in [3.05, 3.63) is 47.0 Å². The summed E-state index contributed by atoms with van der Waals surface area (Å²) in [5, 5.41) is 3.05. The zero-order valence-electron chi connectivity index (χ0n) is 12.3. The molecule has 2 aromatic carbocycles. The standard InChI is InChI=1S/C17H19ClN2O2/c18-14-7-12-3-1-2-4-16(12)13(8-14)10-20-5-6-22-11-15(20)9-17(19)21/h1-4,7-8,15H,5-6,9-11H2,(H2,19,21). The highest BCUT2D eigenvalue weighted by Gasteiger charge is 2.25. The van der Waals surface area contributed by atoms with Crippen LogP contribution in [-0.2, 0) is 16.1 Å². The van der Waals surface area contributed by atoms with Crippen LogP contribution in [0.2, 0.25) is 5.02 Å². The van der Waals surface area contributed by atoms with E-state index in [4.69, 9.17) is 22.1 Å². The minimum Gasteiger partial charge on any atom is -0.378 e. The van der Waals surface area contributed by atoms with E-state index < -0.39 is 0 Å². The molecule has 1 aliphatic rings. The first-order valence-electron chi connectivity index (χ1n) is 7.41. The molecule has 1 atom stereocenters. The SMILES string of the molecule is NC(=O)CC1COCCN1Cc1cc(Cl)cc2ccccc12. The van der Waals surface area contributed by atoms with E-state index in [2.05, 4.69) is 17.0 Å². The molecular formula is C17H19ClN2O2. The Morgan fingerprint density at radius 2 is 2.18 bits per heavy atom. The third-order valence-electron chi connectivity index (χ3n) is 4.07. The van der Waals surface area contributed by atoms with Gasteiger partial charge in [-0.15, -0.1) is 0 Å². The number of carbonyl (C=O) groups excluding carboxylic acids is 1. The number of halogens is 1. The Labute approximate surface area is 134 Å². The summed E-state index contributed by atoms with van der Waals surface area (Å²) in [6.07, 6.45) is 0.318. The van der Waals surface area contributed by atoms with Crippen LogP contribution in [0, 0.1) is 0 Å². The zero-order valence-corrected chi connectivity index (χ0v) is 13.1. The van der Waals surface area contributed by atoms with Crippen LogP contribution in [0.1, 0.15) is 12.0 Å². The smallest absolute Gasteiger partial charge is 0.219 e. The zero-order chi connectivity index (χ0) is 15.5. The van der Waals surface area contributed by atoms with E-state index in [1.165, 1.54) is 10.9 Å². The number of carbonyl (C=O) groups is 1. The minimum atomic E-state index is -0.295. The Balaban J connectivity index is 1.89. The van der Waals surface area contributed by atoms with Gasteiger partial charge >= 0.3 is 0 Å². The molecule has 116 valence electrons. The molecule has 2 N–H and O–H groups in total. The lowest BCUT2D eigenvalue weighted by atomic mass is 10.0. The summed E-state index contributed by atoms with van der Waals surface area (Å²) >= 11 is 6.24. The summed E-state index contributed by atoms with van der Waals surface area (Å²) in [5.41, 5.74) is 6.52. The minimum absolute atomic E-state index is 0.0315. The fraction of sp³-hybridized carbons (Fsp3) is 0.353. The van der Waals surface area contributed by atoms with Crippen LogP contribution < -0.4 is 5.73 Å². The van der Waals surface area contributed by atoms with Gasteiger partial charge in [-0.3, -0.25) is 9.69 Å². The highest BCUT2D eigenvalue weighted by atomic mass is 35.5. The number of nitrogens with two attached hydrogens (primary N) is 1. The van der Waals surface area contributed by atoms with Crippen molar-refractivity contribution < 1.29 is 9.53 Å². The molecule has 1 heterocycles. The largest absolute Gasteiger partial charge is 0.378 e. The molecule has 0 spiro atoms. The van der Waals surface area contributed by atoms with Crippen molar-refractivity contribution in [1.82, 2.24) is 4.90 Å². The maximum Gasteiger partial charge on any atom is 0.219 e. The third kappa shape index (κ3) is 3.40. The van der Waals surface area contributed by atoms with E-state index in [9.17, 15) is 4.79 Å². The van der Waals surface area contributed by atoms with Gasteiger partial charge in [-0.1, -0.05) is 35.9 Å². The van der Waals surface area contributed by atoms with Crippen LogP contribution in [0.15, 0.2) is 36.4 Å². The molecule has 0 aliphatic carbocycles. The van der Waals surface area contributed by atoms with Gasteiger partial charge in [0.25, 0.3) is 0 Å². The molecule has 1 amide bonds. The molecule has 3 rings (SSSR count). The molecule has 4 nitrogen and oxygen atoms in total. The molecule has 1 unspecified atom stereocenters. The van der Waals surface area contributed by atoms with Crippen molar-refractivity contribution >= 4 is 28.3 Å². The molecular weight excluding hydrogens is 300 g/mol. The Morgan fingerprint density at radius 3 is 3.00 bits per heavy atom. The average molecular weight is 319 g/mol. The average Bonchev–Trinajstić information content (AvgIpc) is 2.48. The number of rotatable bonds is 4. The van der Waals surface area contributed by atoms with Crippen molar-refractivity contribution in [2.75, 3.05) is 19.8 Å². The Morgan fingerprint density at radius 1 is 1.36 bits per heavy atom. The van der Waals surface area contributed by atoms with Gasteiger partial charge in [0.1, 0.15) is 0 Å². The van der Waals surface area contributed by atoms with E-state index in [1.54, 1.807) is 0 Å². The summed E-state index contributed by atoms with van der Waals surface area (Å²) in [5.74, 6) is -0.295. The van der Waals surface area contributed by atoms with E-state index in [0.717, 1.165) is 23.5 Å². The number of nitrogens with zero attached hydrogens (tertiary/aromatic N) is 1. The maximum absolute atomic E-state index is 11.3. The first-order chi connectivity index (χ1) is 10.6. The van der Waals surface area contributed by atoms with E-state index in [0.29, 0.717) is 19.6 Å². The van der Waals surface area contributed by atoms with Crippen LogP contribution in [0.3, 0.4) is 0 Å².